The second kappa shape index (κ2) is 7.65. The number of nitrogens with zero attached hydrogens (tertiary/aromatic N) is 3. The highest BCUT2D eigenvalue weighted by molar-refractivity contribution is 9.10. The van der Waals surface area contributed by atoms with Crippen LogP contribution < -0.4 is 4.90 Å². The maximum absolute atomic E-state index is 12.4. The standard InChI is InChI=1S/C18H18BrN3O3/c19-15-3-1-14(2-4-15)13-18(23)21-11-9-20(10-12-21)16-5-7-17(8-6-16)22(24)25/h1-8H,9-13H2. The lowest BCUT2D eigenvalue weighted by Crippen LogP contribution is -2.49. The number of benzene rings is 2. The minimum atomic E-state index is -0.400. The van der Waals surface area contributed by atoms with E-state index in [1.807, 2.05) is 29.2 Å². The predicted octanol–water partition coefficient (Wildman–Crippen LogP) is 3.25. The van der Waals surface area contributed by atoms with E-state index in [4.69, 9.17) is 0 Å². The van der Waals surface area contributed by atoms with Crippen LogP contribution in [-0.2, 0) is 11.2 Å². The Kier molecular flexibility index (Phi) is 5.33. The van der Waals surface area contributed by atoms with Crippen LogP contribution in [0, 0.1) is 10.1 Å². The molecule has 0 bridgehead atoms. The van der Waals surface area contributed by atoms with E-state index in [0.29, 0.717) is 19.5 Å². The molecule has 1 aliphatic heterocycles. The molecule has 0 atom stereocenters. The Bertz CT molecular complexity index is 754. The number of nitro groups is 1. The van der Waals surface area contributed by atoms with Gasteiger partial charge in [-0.1, -0.05) is 28.1 Å². The molecule has 1 heterocycles. The van der Waals surface area contributed by atoms with Crippen LogP contribution in [0.15, 0.2) is 53.0 Å². The topological polar surface area (TPSA) is 66.7 Å². The summed E-state index contributed by atoms with van der Waals surface area (Å²) in [6.07, 6.45) is 0.408. The summed E-state index contributed by atoms with van der Waals surface area (Å²) in [5.74, 6) is 0.130. The van der Waals surface area contributed by atoms with E-state index in [1.54, 1.807) is 12.1 Å². The van der Waals surface area contributed by atoms with Gasteiger partial charge in [0.2, 0.25) is 5.91 Å². The zero-order chi connectivity index (χ0) is 17.8. The number of amides is 1. The molecule has 130 valence electrons. The number of anilines is 1. The Morgan fingerprint density at radius 3 is 2.16 bits per heavy atom. The van der Waals surface area contributed by atoms with E-state index in [0.717, 1.165) is 28.8 Å². The predicted molar refractivity (Wildman–Crippen MR) is 99.7 cm³/mol. The van der Waals surface area contributed by atoms with Crippen LogP contribution in [0.25, 0.3) is 0 Å². The zero-order valence-electron chi connectivity index (χ0n) is 13.6. The summed E-state index contributed by atoms with van der Waals surface area (Å²) < 4.78 is 1.00. The first-order valence-electron chi connectivity index (χ1n) is 8.04. The number of nitro benzene ring substituents is 1. The molecule has 1 aliphatic rings. The van der Waals surface area contributed by atoms with E-state index in [-0.39, 0.29) is 11.6 Å². The molecule has 1 saturated heterocycles. The van der Waals surface area contributed by atoms with E-state index >= 15 is 0 Å². The van der Waals surface area contributed by atoms with Crippen molar-refractivity contribution in [3.8, 4) is 0 Å². The maximum Gasteiger partial charge on any atom is 0.269 e. The van der Waals surface area contributed by atoms with Crippen molar-refractivity contribution in [1.82, 2.24) is 4.90 Å². The molecular formula is C18H18BrN3O3. The fourth-order valence-corrected chi connectivity index (χ4v) is 3.15. The minimum absolute atomic E-state index is 0.0899. The van der Waals surface area contributed by atoms with Crippen LogP contribution in [0.1, 0.15) is 5.56 Å². The summed E-state index contributed by atoms with van der Waals surface area (Å²) in [4.78, 5) is 26.8. The fraction of sp³-hybridized carbons (Fsp3) is 0.278. The van der Waals surface area contributed by atoms with Gasteiger partial charge in [-0.3, -0.25) is 14.9 Å². The highest BCUT2D eigenvalue weighted by Crippen LogP contribution is 2.21. The molecule has 2 aromatic rings. The molecule has 6 nitrogen and oxygen atoms in total. The van der Waals surface area contributed by atoms with Crippen molar-refractivity contribution in [3.63, 3.8) is 0 Å². The largest absolute Gasteiger partial charge is 0.368 e. The van der Waals surface area contributed by atoms with Crippen LogP contribution in [0.5, 0.6) is 0 Å². The quantitative estimate of drug-likeness (QED) is 0.580. The maximum atomic E-state index is 12.4. The summed E-state index contributed by atoms with van der Waals surface area (Å²) in [6, 6.07) is 14.3. The van der Waals surface area contributed by atoms with Crippen molar-refractivity contribution in [2.45, 2.75) is 6.42 Å². The number of carbonyl (C=O) groups excluding carboxylic acids is 1. The molecular weight excluding hydrogens is 386 g/mol. The molecule has 0 aliphatic carbocycles. The van der Waals surface area contributed by atoms with E-state index in [1.165, 1.54) is 12.1 Å². The lowest BCUT2D eigenvalue weighted by Gasteiger charge is -2.36. The van der Waals surface area contributed by atoms with Gasteiger partial charge in [0.15, 0.2) is 0 Å². The van der Waals surface area contributed by atoms with Crippen LogP contribution in [0.4, 0.5) is 11.4 Å². The fourth-order valence-electron chi connectivity index (χ4n) is 2.89. The third-order valence-corrected chi connectivity index (χ3v) is 4.86. The van der Waals surface area contributed by atoms with Crippen molar-refractivity contribution in [2.75, 3.05) is 31.1 Å². The molecule has 1 fully saturated rings. The molecule has 1 amide bonds. The average molecular weight is 404 g/mol. The highest BCUT2D eigenvalue weighted by atomic mass is 79.9. The number of rotatable bonds is 4. The van der Waals surface area contributed by atoms with Crippen molar-refractivity contribution in [2.24, 2.45) is 0 Å². The van der Waals surface area contributed by atoms with E-state index in [9.17, 15) is 14.9 Å². The summed E-state index contributed by atoms with van der Waals surface area (Å²) in [5, 5.41) is 10.7. The second-order valence-corrected chi connectivity index (χ2v) is 6.86. The lowest BCUT2D eigenvalue weighted by molar-refractivity contribution is -0.384. The normalized spacial score (nSPS) is 14.4. The first-order valence-corrected chi connectivity index (χ1v) is 8.84. The Hall–Kier alpha value is -2.41. The third-order valence-electron chi connectivity index (χ3n) is 4.33. The highest BCUT2D eigenvalue weighted by Gasteiger charge is 2.21. The Morgan fingerprint density at radius 1 is 1.00 bits per heavy atom. The average Bonchev–Trinajstić information content (AvgIpc) is 2.64. The van der Waals surface area contributed by atoms with Crippen LogP contribution in [0.2, 0.25) is 0 Å². The second-order valence-electron chi connectivity index (χ2n) is 5.94. The molecule has 0 spiro atoms. The number of hydrogen-bond acceptors (Lipinski definition) is 4. The van der Waals surface area contributed by atoms with Gasteiger partial charge in [-0.25, -0.2) is 0 Å². The number of hydrogen-bond donors (Lipinski definition) is 0. The van der Waals surface area contributed by atoms with Gasteiger partial charge in [0.1, 0.15) is 0 Å². The number of piperazine rings is 1. The van der Waals surface area contributed by atoms with Gasteiger partial charge in [-0.15, -0.1) is 0 Å². The lowest BCUT2D eigenvalue weighted by atomic mass is 10.1. The van der Waals surface area contributed by atoms with Crippen LogP contribution in [-0.4, -0.2) is 41.9 Å². The van der Waals surface area contributed by atoms with Crippen LogP contribution >= 0.6 is 15.9 Å². The molecule has 0 N–H and O–H groups in total. The molecule has 3 rings (SSSR count). The smallest absolute Gasteiger partial charge is 0.269 e. The summed E-state index contributed by atoms with van der Waals surface area (Å²) in [6.45, 7) is 2.77. The Morgan fingerprint density at radius 2 is 1.60 bits per heavy atom. The van der Waals surface area contributed by atoms with Gasteiger partial charge in [0.25, 0.3) is 5.69 Å². The van der Waals surface area contributed by atoms with Gasteiger partial charge in [0, 0.05) is 48.5 Å². The summed E-state index contributed by atoms with van der Waals surface area (Å²) in [5.41, 5.74) is 2.05. The van der Waals surface area contributed by atoms with Gasteiger partial charge >= 0.3 is 0 Å². The first kappa shape index (κ1) is 17.4. The summed E-state index contributed by atoms with van der Waals surface area (Å²) >= 11 is 3.39. The monoisotopic (exact) mass is 403 g/mol. The van der Waals surface area contributed by atoms with E-state index in [2.05, 4.69) is 20.8 Å². The van der Waals surface area contributed by atoms with E-state index < -0.39 is 4.92 Å². The summed E-state index contributed by atoms with van der Waals surface area (Å²) in [7, 11) is 0. The molecule has 25 heavy (non-hydrogen) atoms. The Balaban J connectivity index is 1.55. The number of halogens is 1. The SMILES string of the molecule is O=C(Cc1ccc(Br)cc1)N1CCN(c2ccc([N+](=O)[O-])cc2)CC1. The molecule has 0 aromatic heterocycles. The van der Waals surface area contributed by atoms with Crippen molar-refractivity contribution in [3.05, 3.63) is 68.7 Å². The molecule has 0 saturated carbocycles. The zero-order valence-corrected chi connectivity index (χ0v) is 15.2. The van der Waals surface area contributed by atoms with Gasteiger partial charge < -0.3 is 9.80 Å². The molecule has 2 aromatic carbocycles. The van der Waals surface area contributed by atoms with Crippen molar-refractivity contribution < 1.29 is 9.72 Å². The molecule has 0 unspecified atom stereocenters. The van der Waals surface area contributed by atoms with Gasteiger partial charge in [-0.2, -0.15) is 0 Å². The van der Waals surface area contributed by atoms with Crippen molar-refractivity contribution in [1.29, 1.82) is 0 Å². The minimum Gasteiger partial charge on any atom is -0.368 e. The van der Waals surface area contributed by atoms with Gasteiger partial charge in [-0.05, 0) is 29.8 Å². The van der Waals surface area contributed by atoms with Crippen LogP contribution in [0.3, 0.4) is 0 Å². The number of carbonyl (C=O) groups is 1. The number of non-ortho nitro benzene ring substituents is 1. The van der Waals surface area contributed by atoms with Gasteiger partial charge in [0.05, 0.1) is 11.3 Å². The molecule has 7 heteroatoms. The van der Waals surface area contributed by atoms with Crippen molar-refractivity contribution >= 4 is 33.2 Å². The Labute approximate surface area is 154 Å². The third kappa shape index (κ3) is 4.36. The first-order chi connectivity index (χ1) is 12.0. The molecule has 0 radical (unpaired) electrons.